The van der Waals surface area contributed by atoms with Crippen molar-refractivity contribution >= 4 is 23.9 Å². The van der Waals surface area contributed by atoms with Crippen LogP contribution in [0.2, 0.25) is 0 Å². The number of rotatable bonds is 58. The van der Waals surface area contributed by atoms with Gasteiger partial charge in [-0.2, -0.15) is 0 Å². The van der Waals surface area contributed by atoms with E-state index in [0.29, 0.717) is 25.7 Å². The number of esters is 3. The molecule has 486 valence electrons. The van der Waals surface area contributed by atoms with Crippen LogP contribution < -0.4 is 0 Å². The van der Waals surface area contributed by atoms with Crippen LogP contribution in [0.4, 0.5) is 0 Å². The molecule has 3 N–H and O–H groups in total. The van der Waals surface area contributed by atoms with Gasteiger partial charge in [0.05, 0.1) is 6.61 Å². The molecule has 12 nitrogen and oxygen atoms in total. The van der Waals surface area contributed by atoms with Crippen molar-refractivity contribution in [2.45, 2.75) is 327 Å². The van der Waals surface area contributed by atoms with Crippen LogP contribution in [0, 0.1) is 0 Å². The Labute approximate surface area is 517 Å². The molecule has 6 atom stereocenters. The molecule has 85 heavy (non-hydrogen) atoms. The van der Waals surface area contributed by atoms with Crippen LogP contribution in [-0.4, -0.2) is 89.2 Å². The molecule has 0 spiro atoms. The highest BCUT2D eigenvalue weighted by Crippen LogP contribution is 2.27. The van der Waals surface area contributed by atoms with Gasteiger partial charge in [-0.05, 0) is 116 Å². The molecule has 6 unspecified atom stereocenters. The molecule has 0 aliphatic carbocycles. The highest BCUT2D eigenvalue weighted by Gasteiger charge is 2.50. The van der Waals surface area contributed by atoms with Crippen molar-refractivity contribution in [3.8, 4) is 0 Å². The molecular formula is C73H122O12. The topological polar surface area (TPSA) is 175 Å². The summed E-state index contributed by atoms with van der Waals surface area (Å²) in [6.07, 6.45) is 67.9. The van der Waals surface area contributed by atoms with Crippen LogP contribution in [0.3, 0.4) is 0 Å². The summed E-state index contributed by atoms with van der Waals surface area (Å²) >= 11 is 0. The van der Waals surface area contributed by atoms with Crippen molar-refractivity contribution in [3.63, 3.8) is 0 Å². The molecule has 12 heteroatoms. The first kappa shape index (κ1) is 78.7. The maximum absolute atomic E-state index is 13.2. The van der Waals surface area contributed by atoms with Gasteiger partial charge in [-0.3, -0.25) is 14.4 Å². The minimum Gasteiger partial charge on any atom is -0.479 e. The van der Waals surface area contributed by atoms with E-state index in [-0.39, 0.29) is 25.9 Å². The zero-order valence-corrected chi connectivity index (χ0v) is 53.8. The molecular weight excluding hydrogens is 1070 g/mol. The van der Waals surface area contributed by atoms with Crippen molar-refractivity contribution in [3.05, 3.63) is 97.2 Å². The van der Waals surface area contributed by atoms with Gasteiger partial charge in [-0.25, -0.2) is 4.79 Å². The Morgan fingerprint density at radius 1 is 0.400 bits per heavy atom. The molecule has 1 aliphatic rings. The van der Waals surface area contributed by atoms with E-state index >= 15 is 0 Å². The normalized spacial score (nSPS) is 18.1. The number of carboxylic acid groups (broad SMARTS) is 1. The Kier molecular flexibility index (Phi) is 55.5. The van der Waals surface area contributed by atoms with E-state index in [0.717, 1.165) is 89.9 Å². The molecule has 0 radical (unpaired) electrons. The molecule has 0 saturated carbocycles. The number of aliphatic carboxylic acids is 1. The Morgan fingerprint density at radius 2 is 0.753 bits per heavy atom. The summed E-state index contributed by atoms with van der Waals surface area (Å²) in [5.41, 5.74) is 0. The van der Waals surface area contributed by atoms with E-state index in [9.17, 15) is 34.5 Å². The smallest absolute Gasteiger partial charge is 0.335 e. The summed E-state index contributed by atoms with van der Waals surface area (Å²) < 4.78 is 28.5. The molecule has 1 saturated heterocycles. The quantitative estimate of drug-likeness (QED) is 0.0228. The Balaban J connectivity index is 2.67. The Morgan fingerprint density at radius 3 is 1.20 bits per heavy atom. The van der Waals surface area contributed by atoms with E-state index in [1.54, 1.807) is 0 Å². The van der Waals surface area contributed by atoms with Crippen molar-refractivity contribution in [1.29, 1.82) is 0 Å². The van der Waals surface area contributed by atoms with Gasteiger partial charge in [-0.15, -0.1) is 0 Å². The van der Waals surface area contributed by atoms with E-state index in [1.165, 1.54) is 135 Å². The second kappa shape index (κ2) is 59.9. The van der Waals surface area contributed by atoms with Crippen LogP contribution in [0.15, 0.2) is 97.2 Å². The number of allylic oxidation sites excluding steroid dienone is 16. The van der Waals surface area contributed by atoms with Crippen LogP contribution >= 0.6 is 0 Å². The fourth-order valence-electron chi connectivity index (χ4n) is 9.90. The van der Waals surface area contributed by atoms with Gasteiger partial charge in [0, 0.05) is 19.3 Å². The average Bonchev–Trinajstić information content (AvgIpc) is 3.53. The number of carbonyl (C=O) groups is 4. The third kappa shape index (κ3) is 49.3. The first-order valence-electron chi connectivity index (χ1n) is 34.2. The number of aliphatic hydroxyl groups excluding tert-OH is 2. The number of ether oxygens (including phenoxy) is 5. The number of carbonyl (C=O) groups excluding carboxylic acids is 3. The van der Waals surface area contributed by atoms with Crippen molar-refractivity contribution in [2.75, 3.05) is 13.2 Å². The molecule has 1 heterocycles. The minimum absolute atomic E-state index is 0.0457. The summed E-state index contributed by atoms with van der Waals surface area (Å²) in [4.78, 5) is 51.4. The standard InChI is InChI=1S/C73H122O12/c1-4-7-10-13-16-19-22-25-28-31-33-36-38-41-44-47-50-53-56-59-65(74)81-62-64(83-66(75)60-57-54-51-48-45-42-39-35-30-27-24-21-18-15-12-9-6-3)63-82-73-71(69(78)68(77)70(85-73)72(79)80)84-67(76)61-58-55-52-49-46-43-40-37-34-32-29-26-23-20-17-14-11-8-5-2/h9,12,17-18,20-21,25-30,39,42,48,51,64,68-71,73,77-78H,4-8,10-11,13-16,19,22-24,31-38,40-41,43-47,49-50,52-63H2,1-3H3,(H,79,80)/b12-9-,20-17-,21-18-,28-25-,29-26-,30-27-,42-39-,51-48-. The molecule has 0 aromatic heterocycles. The van der Waals surface area contributed by atoms with Gasteiger partial charge in [0.2, 0.25) is 0 Å². The summed E-state index contributed by atoms with van der Waals surface area (Å²) in [6.45, 7) is 5.84. The van der Waals surface area contributed by atoms with Crippen molar-refractivity contribution in [1.82, 2.24) is 0 Å². The van der Waals surface area contributed by atoms with E-state index < -0.39 is 67.3 Å². The van der Waals surface area contributed by atoms with Crippen LogP contribution in [-0.2, 0) is 42.9 Å². The molecule has 0 amide bonds. The van der Waals surface area contributed by atoms with Gasteiger partial charge >= 0.3 is 23.9 Å². The Bertz CT molecular complexity index is 1840. The van der Waals surface area contributed by atoms with Crippen LogP contribution in [0.25, 0.3) is 0 Å². The molecule has 0 aromatic rings. The predicted molar refractivity (Wildman–Crippen MR) is 349 cm³/mol. The van der Waals surface area contributed by atoms with Crippen LogP contribution in [0.1, 0.15) is 290 Å². The van der Waals surface area contributed by atoms with Crippen molar-refractivity contribution < 1.29 is 58.2 Å². The second-order valence-corrected chi connectivity index (χ2v) is 23.1. The zero-order valence-electron chi connectivity index (χ0n) is 53.8. The van der Waals surface area contributed by atoms with E-state index in [2.05, 4.69) is 112 Å². The summed E-state index contributed by atoms with van der Waals surface area (Å²) in [5, 5.41) is 31.6. The largest absolute Gasteiger partial charge is 0.479 e. The van der Waals surface area contributed by atoms with Gasteiger partial charge < -0.3 is 39.0 Å². The van der Waals surface area contributed by atoms with E-state index in [1.807, 2.05) is 6.08 Å². The molecule has 0 bridgehead atoms. The number of carboxylic acids is 1. The number of unbranched alkanes of at least 4 members (excludes halogenated alkanes) is 28. The highest BCUT2D eigenvalue weighted by atomic mass is 16.7. The molecule has 1 rings (SSSR count). The summed E-state index contributed by atoms with van der Waals surface area (Å²) in [7, 11) is 0. The molecule has 1 fully saturated rings. The van der Waals surface area contributed by atoms with Gasteiger partial charge in [0.25, 0.3) is 0 Å². The maximum Gasteiger partial charge on any atom is 0.335 e. The fourth-order valence-corrected chi connectivity index (χ4v) is 9.90. The Hall–Kier alpha value is -4.36. The predicted octanol–water partition coefficient (Wildman–Crippen LogP) is 18.8. The number of hydrogen-bond acceptors (Lipinski definition) is 11. The maximum atomic E-state index is 13.2. The third-order valence-electron chi connectivity index (χ3n) is 15.1. The third-order valence-corrected chi connectivity index (χ3v) is 15.1. The minimum atomic E-state index is -1.92. The first-order chi connectivity index (χ1) is 41.6. The van der Waals surface area contributed by atoms with Crippen molar-refractivity contribution in [2.24, 2.45) is 0 Å². The summed E-state index contributed by atoms with van der Waals surface area (Å²) in [6, 6.07) is 0. The van der Waals surface area contributed by atoms with Gasteiger partial charge in [-0.1, -0.05) is 253 Å². The second-order valence-electron chi connectivity index (χ2n) is 23.1. The lowest BCUT2D eigenvalue weighted by molar-refractivity contribution is -0.301. The lowest BCUT2D eigenvalue weighted by atomic mass is 9.98. The van der Waals surface area contributed by atoms with Gasteiger partial charge in [0.15, 0.2) is 24.6 Å². The van der Waals surface area contributed by atoms with Gasteiger partial charge in [0.1, 0.15) is 18.8 Å². The fraction of sp³-hybridized carbons (Fsp3) is 0.726. The molecule has 0 aromatic carbocycles. The first-order valence-corrected chi connectivity index (χ1v) is 34.2. The van der Waals surface area contributed by atoms with E-state index in [4.69, 9.17) is 23.7 Å². The monoisotopic (exact) mass is 1190 g/mol. The highest BCUT2D eigenvalue weighted by molar-refractivity contribution is 5.74. The number of aliphatic hydroxyl groups is 2. The zero-order chi connectivity index (χ0) is 61.7. The SMILES string of the molecule is CC/C=C\C/C=C\C/C=C\C/C=C\C/C=C\CCCC(=O)OC(COC(=O)CCCCCCCCCCC/C=C\CCCCCCCC)COC1OC(C(=O)O)C(O)C(O)C1OC(=O)CCCCCCCCCCC/C=C\C/C=C\CCCCC. The van der Waals surface area contributed by atoms with Crippen LogP contribution in [0.5, 0.6) is 0 Å². The summed E-state index contributed by atoms with van der Waals surface area (Å²) in [5.74, 6) is -3.20. The lowest BCUT2D eigenvalue weighted by Gasteiger charge is -2.40. The lowest BCUT2D eigenvalue weighted by Crippen LogP contribution is -2.61. The molecule has 1 aliphatic heterocycles. The average molecular weight is 1190 g/mol. The number of hydrogen-bond donors (Lipinski definition) is 3.